The number of hydrogen-bond acceptors (Lipinski definition) is 3. The lowest BCUT2D eigenvalue weighted by atomic mass is 10.0. The summed E-state index contributed by atoms with van der Waals surface area (Å²) in [6.07, 6.45) is 7.02. The lowest BCUT2D eigenvalue weighted by Gasteiger charge is -2.22. The van der Waals surface area contributed by atoms with Crippen LogP contribution in [0.15, 0.2) is 12.3 Å². The quantitative estimate of drug-likeness (QED) is 0.728. The molecule has 2 rings (SSSR count). The molecule has 0 aliphatic heterocycles. The molecule has 4 nitrogen and oxygen atoms in total. The average Bonchev–Trinajstić information content (AvgIpc) is 2.84. The molecule has 0 aromatic carbocycles. The number of aryl methyl sites for hydroxylation is 1. The highest BCUT2D eigenvalue weighted by molar-refractivity contribution is 5.00. The maximum absolute atomic E-state index is 10.1. The van der Waals surface area contributed by atoms with Crippen molar-refractivity contribution in [2.75, 3.05) is 13.1 Å². The molecule has 1 aromatic rings. The number of nitrogens with zero attached hydrogens (tertiary/aromatic N) is 2. The second kappa shape index (κ2) is 4.97. The van der Waals surface area contributed by atoms with Gasteiger partial charge in [-0.05, 0) is 18.9 Å². The fraction of sp³-hybridized carbons (Fsp3) is 0.750. The first kappa shape index (κ1) is 11.6. The van der Waals surface area contributed by atoms with Crippen molar-refractivity contribution in [2.45, 2.75) is 37.7 Å². The minimum Gasteiger partial charge on any atom is -0.389 e. The molecule has 0 radical (unpaired) electrons. The normalized spacial score (nSPS) is 19.1. The van der Waals surface area contributed by atoms with E-state index in [1.165, 1.54) is 18.5 Å². The van der Waals surface area contributed by atoms with Gasteiger partial charge in [0.1, 0.15) is 0 Å². The van der Waals surface area contributed by atoms with Gasteiger partial charge in [0.05, 0.1) is 5.60 Å². The standard InChI is InChI=1S/C12H21N3O/c1-15-11(5-9-14-15)4-8-13-10-12(16)6-2-3-7-12/h5,9,13,16H,2-4,6-8,10H2,1H3. The summed E-state index contributed by atoms with van der Waals surface area (Å²) in [4.78, 5) is 0. The molecule has 0 saturated heterocycles. The molecule has 0 unspecified atom stereocenters. The molecule has 0 spiro atoms. The fourth-order valence-corrected chi connectivity index (χ4v) is 2.39. The Bertz CT molecular complexity index is 329. The van der Waals surface area contributed by atoms with E-state index in [-0.39, 0.29) is 0 Å². The minimum absolute atomic E-state index is 0.438. The van der Waals surface area contributed by atoms with Crippen LogP contribution in [0.2, 0.25) is 0 Å². The molecule has 0 amide bonds. The van der Waals surface area contributed by atoms with Crippen molar-refractivity contribution < 1.29 is 5.11 Å². The maximum Gasteiger partial charge on any atom is 0.0771 e. The number of hydrogen-bond donors (Lipinski definition) is 2. The Hall–Kier alpha value is -0.870. The zero-order chi connectivity index (χ0) is 11.4. The van der Waals surface area contributed by atoms with E-state index in [0.29, 0.717) is 0 Å². The summed E-state index contributed by atoms with van der Waals surface area (Å²) in [5.74, 6) is 0. The van der Waals surface area contributed by atoms with Crippen molar-refractivity contribution in [3.63, 3.8) is 0 Å². The predicted molar refractivity (Wildman–Crippen MR) is 63.2 cm³/mol. The Morgan fingerprint density at radius 3 is 2.88 bits per heavy atom. The number of nitrogens with one attached hydrogen (secondary N) is 1. The van der Waals surface area contributed by atoms with Gasteiger partial charge in [-0.25, -0.2) is 0 Å². The molecule has 1 aromatic heterocycles. The lowest BCUT2D eigenvalue weighted by molar-refractivity contribution is 0.0480. The molecule has 1 fully saturated rings. The van der Waals surface area contributed by atoms with E-state index in [2.05, 4.69) is 10.4 Å². The molecule has 0 atom stereocenters. The first-order chi connectivity index (χ1) is 7.70. The van der Waals surface area contributed by atoms with Crippen LogP contribution in [0.5, 0.6) is 0 Å². The van der Waals surface area contributed by atoms with Crippen LogP contribution in [0.1, 0.15) is 31.4 Å². The van der Waals surface area contributed by atoms with Crippen LogP contribution < -0.4 is 5.32 Å². The highest BCUT2D eigenvalue weighted by Crippen LogP contribution is 2.28. The van der Waals surface area contributed by atoms with E-state index in [1.54, 1.807) is 0 Å². The molecular weight excluding hydrogens is 202 g/mol. The molecule has 1 aliphatic carbocycles. The van der Waals surface area contributed by atoms with E-state index < -0.39 is 5.60 Å². The zero-order valence-corrected chi connectivity index (χ0v) is 9.95. The molecule has 16 heavy (non-hydrogen) atoms. The van der Waals surface area contributed by atoms with E-state index in [1.807, 2.05) is 24.0 Å². The summed E-state index contributed by atoms with van der Waals surface area (Å²) < 4.78 is 1.89. The Morgan fingerprint density at radius 2 is 2.25 bits per heavy atom. The van der Waals surface area contributed by atoms with E-state index in [4.69, 9.17) is 0 Å². The van der Waals surface area contributed by atoms with Gasteiger partial charge < -0.3 is 10.4 Å². The van der Waals surface area contributed by atoms with Gasteiger partial charge >= 0.3 is 0 Å². The molecule has 1 saturated carbocycles. The molecule has 2 N–H and O–H groups in total. The zero-order valence-electron chi connectivity index (χ0n) is 9.95. The largest absolute Gasteiger partial charge is 0.389 e. The Morgan fingerprint density at radius 1 is 1.50 bits per heavy atom. The molecule has 1 heterocycles. The predicted octanol–water partition coefficient (Wildman–Crippen LogP) is 0.857. The molecule has 0 bridgehead atoms. The van der Waals surface area contributed by atoms with Gasteiger partial charge in [-0.3, -0.25) is 4.68 Å². The van der Waals surface area contributed by atoms with Crippen molar-refractivity contribution in [3.05, 3.63) is 18.0 Å². The fourth-order valence-electron chi connectivity index (χ4n) is 2.39. The minimum atomic E-state index is -0.438. The van der Waals surface area contributed by atoms with Crippen molar-refractivity contribution >= 4 is 0 Å². The van der Waals surface area contributed by atoms with Crippen LogP contribution in [0.4, 0.5) is 0 Å². The van der Waals surface area contributed by atoms with Crippen LogP contribution >= 0.6 is 0 Å². The van der Waals surface area contributed by atoms with E-state index in [0.717, 1.165) is 32.4 Å². The first-order valence-electron chi connectivity index (χ1n) is 6.10. The van der Waals surface area contributed by atoms with Gasteiger partial charge in [-0.2, -0.15) is 5.10 Å². The summed E-state index contributed by atoms with van der Waals surface area (Å²) in [6.45, 7) is 1.63. The Labute approximate surface area is 96.7 Å². The monoisotopic (exact) mass is 223 g/mol. The maximum atomic E-state index is 10.1. The van der Waals surface area contributed by atoms with Gasteiger partial charge in [0, 0.05) is 38.4 Å². The van der Waals surface area contributed by atoms with Crippen LogP contribution in [-0.4, -0.2) is 33.6 Å². The summed E-state index contributed by atoms with van der Waals surface area (Å²) in [5.41, 5.74) is 0.790. The molecule has 4 heteroatoms. The van der Waals surface area contributed by atoms with E-state index >= 15 is 0 Å². The molecule has 1 aliphatic rings. The summed E-state index contributed by atoms with van der Waals surface area (Å²) in [5, 5.41) is 17.6. The topological polar surface area (TPSA) is 50.1 Å². The van der Waals surface area contributed by atoms with Crippen molar-refractivity contribution in [3.8, 4) is 0 Å². The van der Waals surface area contributed by atoms with Gasteiger partial charge in [-0.15, -0.1) is 0 Å². The molecular formula is C12H21N3O. The van der Waals surface area contributed by atoms with Gasteiger partial charge in [0.25, 0.3) is 0 Å². The van der Waals surface area contributed by atoms with E-state index in [9.17, 15) is 5.11 Å². The lowest BCUT2D eigenvalue weighted by Crippen LogP contribution is -2.38. The highest BCUT2D eigenvalue weighted by Gasteiger charge is 2.30. The van der Waals surface area contributed by atoms with Gasteiger partial charge in [0.15, 0.2) is 0 Å². The first-order valence-corrected chi connectivity index (χ1v) is 6.10. The summed E-state index contributed by atoms with van der Waals surface area (Å²) >= 11 is 0. The van der Waals surface area contributed by atoms with Crippen LogP contribution in [0.3, 0.4) is 0 Å². The number of aromatic nitrogens is 2. The number of aliphatic hydroxyl groups is 1. The smallest absolute Gasteiger partial charge is 0.0771 e. The number of rotatable bonds is 5. The highest BCUT2D eigenvalue weighted by atomic mass is 16.3. The summed E-state index contributed by atoms with van der Waals surface area (Å²) in [6, 6.07) is 2.03. The van der Waals surface area contributed by atoms with Crippen LogP contribution in [0.25, 0.3) is 0 Å². The third-order valence-electron chi connectivity index (χ3n) is 3.47. The third kappa shape index (κ3) is 2.83. The van der Waals surface area contributed by atoms with Crippen LogP contribution in [0, 0.1) is 0 Å². The third-order valence-corrected chi connectivity index (χ3v) is 3.47. The Kier molecular flexibility index (Phi) is 3.61. The van der Waals surface area contributed by atoms with Gasteiger partial charge in [-0.1, -0.05) is 12.8 Å². The van der Waals surface area contributed by atoms with Gasteiger partial charge in [0.2, 0.25) is 0 Å². The average molecular weight is 223 g/mol. The SMILES string of the molecule is Cn1nccc1CCNCC1(O)CCCC1. The van der Waals surface area contributed by atoms with Crippen LogP contribution in [-0.2, 0) is 13.5 Å². The van der Waals surface area contributed by atoms with Crippen molar-refractivity contribution in [1.29, 1.82) is 0 Å². The van der Waals surface area contributed by atoms with Crippen molar-refractivity contribution in [1.82, 2.24) is 15.1 Å². The second-order valence-corrected chi connectivity index (χ2v) is 4.80. The summed E-state index contributed by atoms with van der Waals surface area (Å²) in [7, 11) is 1.96. The Balaban J connectivity index is 1.67. The second-order valence-electron chi connectivity index (χ2n) is 4.80. The molecule has 90 valence electrons. The van der Waals surface area contributed by atoms with Crippen molar-refractivity contribution in [2.24, 2.45) is 7.05 Å².